The third-order valence-electron chi connectivity index (χ3n) is 7.15. The van der Waals surface area contributed by atoms with Gasteiger partial charge in [-0.3, -0.25) is 0 Å². The molecule has 0 nitrogen and oxygen atoms in total. The molecule has 0 spiro atoms. The monoisotopic (exact) mass is 732 g/mol. The third kappa shape index (κ3) is 7.78. The number of benzene rings is 4. The summed E-state index contributed by atoms with van der Waals surface area (Å²) in [5, 5.41) is 5.34. The van der Waals surface area contributed by atoms with Gasteiger partial charge in [0.2, 0.25) is 0 Å². The van der Waals surface area contributed by atoms with Crippen molar-refractivity contribution >= 4 is 49.6 Å². The summed E-state index contributed by atoms with van der Waals surface area (Å²) >= 11 is 1.27. The van der Waals surface area contributed by atoms with Gasteiger partial charge in [0.25, 0.3) is 0 Å². The summed E-state index contributed by atoms with van der Waals surface area (Å²) in [6.45, 7) is 13.0. The molecule has 0 heterocycles. The maximum absolute atomic E-state index is 2.21. The van der Waals surface area contributed by atoms with E-state index in [2.05, 4.69) is 151 Å². The standard InChI is InChI=1S/2C17H15.C3H6.2ClH.Hf/c2*1-12-6-3-9-15(13(12)2)17-11-5-8-14-7-4-10-16(14)17;1-3-2;;;/h2*3-11H,1-2H3;1-2H3;2*1H;/q2*-1;;;;+2. The number of halogens is 2. The summed E-state index contributed by atoms with van der Waals surface area (Å²) in [4.78, 5) is 0. The Kier molecular flexibility index (Phi) is 13.0. The van der Waals surface area contributed by atoms with Crippen molar-refractivity contribution in [1.82, 2.24) is 0 Å². The molecular weight excluding hydrogens is 694 g/mol. The maximum Gasteiger partial charge on any atom is -0.0247 e. The molecule has 204 valence electrons. The molecule has 0 atom stereocenters. The van der Waals surface area contributed by atoms with E-state index < -0.39 is 0 Å². The van der Waals surface area contributed by atoms with E-state index in [0.29, 0.717) is 0 Å². The summed E-state index contributed by atoms with van der Waals surface area (Å²) in [6.07, 6.45) is 0. The fourth-order valence-electron chi connectivity index (χ4n) is 4.88. The van der Waals surface area contributed by atoms with Crippen LogP contribution in [0, 0.1) is 27.7 Å². The molecule has 6 aromatic carbocycles. The molecule has 0 aliphatic heterocycles. The maximum atomic E-state index is 2.21. The van der Waals surface area contributed by atoms with Gasteiger partial charge in [-0.05, 0) is 61.1 Å². The van der Waals surface area contributed by atoms with Gasteiger partial charge in [0.1, 0.15) is 0 Å². The smallest absolute Gasteiger partial charge is 0.0247 e. The van der Waals surface area contributed by atoms with E-state index in [1.54, 1.807) is 3.26 Å². The first kappa shape index (κ1) is 33.6. The molecule has 0 amide bonds. The predicted octanol–water partition coefficient (Wildman–Crippen LogP) is 11.3. The minimum Gasteiger partial charge on any atom is -0.168 e. The van der Waals surface area contributed by atoms with Gasteiger partial charge in [-0.1, -0.05) is 59.7 Å². The summed E-state index contributed by atoms with van der Waals surface area (Å²) in [5.74, 6) is 0. The second kappa shape index (κ2) is 15.4. The third-order valence-corrected chi connectivity index (χ3v) is 7.15. The van der Waals surface area contributed by atoms with E-state index in [1.165, 1.54) is 89.9 Å². The molecule has 0 N–H and O–H groups in total. The van der Waals surface area contributed by atoms with Crippen LogP contribution in [-0.2, 0) is 23.9 Å². The minimum atomic E-state index is 0. The first-order valence-electron chi connectivity index (χ1n) is 13.2. The van der Waals surface area contributed by atoms with Gasteiger partial charge in [0, 0.05) is 0 Å². The van der Waals surface area contributed by atoms with Gasteiger partial charge >= 0.3 is 41.0 Å². The number of hydrogen-bond acceptors (Lipinski definition) is 0. The Balaban J connectivity index is 0.000000237. The molecule has 0 fully saturated rings. The normalized spacial score (nSPS) is 10.0. The molecule has 0 aromatic heterocycles. The van der Waals surface area contributed by atoms with Crippen molar-refractivity contribution in [1.29, 1.82) is 0 Å². The van der Waals surface area contributed by atoms with Gasteiger partial charge in [-0.2, -0.15) is 24.3 Å². The van der Waals surface area contributed by atoms with Gasteiger partial charge < -0.3 is 0 Å². The fraction of sp³-hybridized carbons (Fsp3) is 0.162. The van der Waals surface area contributed by atoms with Crippen LogP contribution in [-0.4, -0.2) is 3.26 Å². The molecule has 3 heteroatoms. The average molecular weight is 732 g/mol. The van der Waals surface area contributed by atoms with E-state index in [4.69, 9.17) is 0 Å². The number of fused-ring (bicyclic) bond motifs is 2. The molecule has 0 saturated heterocycles. The van der Waals surface area contributed by atoms with Crippen LogP contribution in [0.1, 0.15) is 36.1 Å². The first-order valence-corrected chi connectivity index (χ1v) is 15.0. The van der Waals surface area contributed by atoms with Crippen molar-refractivity contribution < 1.29 is 23.9 Å². The van der Waals surface area contributed by atoms with E-state index in [0.717, 1.165) is 0 Å². The number of rotatable bonds is 2. The Hall–Kier alpha value is -2.58. The molecule has 0 aliphatic carbocycles. The summed E-state index contributed by atoms with van der Waals surface area (Å²) in [6, 6.07) is 39.1. The Morgan fingerprint density at radius 1 is 0.500 bits per heavy atom. The summed E-state index contributed by atoms with van der Waals surface area (Å²) in [7, 11) is 0. The topological polar surface area (TPSA) is 0 Å². The van der Waals surface area contributed by atoms with Crippen LogP contribution in [0.4, 0.5) is 0 Å². The van der Waals surface area contributed by atoms with Crippen molar-refractivity contribution in [2.45, 2.75) is 41.5 Å². The Labute approximate surface area is 267 Å². The predicted molar refractivity (Wildman–Crippen MR) is 180 cm³/mol. The van der Waals surface area contributed by atoms with Crippen LogP contribution in [0.15, 0.2) is 109 Å². The largest absolute Gasteiger partial charge is 0.168 e. The molecule has 0 saturated carbocycles. The zero-order chi connectivity index (χ0) is 27.2. The van der Waals surface area contributed by atoms with Crippen LogP contribution in [0.25, 0.3) is 43.8 Å². The Bertz CT molecular complexity index is 1580. The summed E-state index contributed by atoms with van der Waals surface area (Å²) in [5.41, 5.74) is 10.8. The van der Waals surface area contributed by atoms with E-state index in [1.807, 2.05) is 0 Å². The second-order valence-electron chi connectivity index (χ2n) is 10.2. The van der Waals surface area contributed by atoms with Crippen molar-refractivity contribution in [3.05, 3.63) is 131 Å². The van der Waals surface area contributed by atoms with Crippen LogP contribution in [0.3, 0.4) is 0 Å². The van der Waals surface area contributed by atoms with Crippen LogP contribution >= 0.6 is 24.8 Å². The molecular formula is C37H38Cl2Hf. The van der Waals surface area contributed by atoms with Gasteiger partial charge in [-0.25, -0.2) is 0 Å². The first-order chi connectivity index (χ1) is 18.3. The average Bonchev–Trinajstić information content (AvgIpc) is 3.57. The van der Waals surface area contributed by atoms with Gasteiger partial charge in [-0.15, -0.1) is 82.8 Å². The van der Waals surface area contributed by atoms with Gasteiger partial charge in [0.15, 0.2) is 0 Å². The molecule has 0 radical (unpaired) electrons. The van der Waals surface area contributed by atoms with E-state index in [-0.39, 0.29) is 24.8 Å². The van der Waals surface area contributed by atoms with Crippen molar-refractivity contribution in [3.63, 3.8) is 0 Å². The Morgan fingerprint density at radius 3 is 1.20 bits per heavy atom. The van der Waals surface area contributed by atoms with Crippen molar-refractivity contribution in [2.24, 2.45) is 0 Å². The molecule has 0 aliphatic rings. The second-order valence-corrected chi connectivity index (χ2v) is 13.8. The molecule has 6 aromatic rings. The molecule has 40 heavy (non-hydrogen) atoms. The molecule has 0 bridgehead atoms. The van der Waals surface area contributed by atoms with Crippen LogP contribution < -0.4 is 0 Å². The van der Waals surface area contributed by atoms with Crippen molar-refractivity contribution in [3.8, 4) is 22.3 Å². The zero-order valence-corrected chi connectivity index (χ0v) is 29.4. The number of hydrogen-bond donors (Lipinski definition) is 0. The fourth-order valence-corrected chi connectivity index (χ4v) is 4.88. The summed E-state index contributed by atoms with van der Waals surface area (Å²) < 4.78 is 1.56. The minimum absolute atomic E-state index is 0. The molecule has 0 unspecified atom stereocenters. The molecule has 6 rings (SSSR count). The quantitative estimate of drug-likeness (QED) is 0.123. The van der Waals surface area contributed by atoms with Gasteiger partial charge in [0.05, 0.1) is 0 Å². The zero-order valence-electron chi connectivity index (χ0n) is 24.2. The van der Waals surface area contributed by atoms with Crippen LogP contribution in [0.5, 0.6) is 0 Å². The number of aryl methyl sites for hydroxylation is 2. The van der Waals surface area contributed by atoms with E-state index >= 15 is 0 Å². The SMILES string of the molecule is C[C](C)=[Hf+2].Cc1cccc(-c2cccc3[cH-]ccc23)c1C.Cc1cccc(-c2cccc3[cH-]ccc23)c1C.Cl.Cl. The van der Waals surface area contributed by atoms with E-state index in [9.17, 15) is 0 Å². The Morgan fingerprint density at radius 2 is 0.825 bits per heavy atom. The van der Waals surface area contributed by atoms with Crippen LogP contribution in [0.2, 0.25) is 0 Å². The van der Waals surface area contributed by atoms with Crippen molar-refractivity contribution in [2.75, 3.05) is 0 Å².